The van der Waals surface area contributed by atoms with E-state index in [4.69, 9.17) is 0 Å². The summed E-state index contributed by atoms with van der Waals surface area (Å²) in [5, 5.41) is 21.5. The molecule has 0 spiro atoms. The van der Waals surface area contributed by atoms with Gasteiger partial charge in [0, 0.05) is 6.42 Å². The normalized spacial score (nSPS) is 10.8. The van der Waals surface area contributed by atoms with Gasteiger partial charge >= 0.3 is 0 Å². The molecule has 3 aromatic rings. The first-order chi connectivity index (χ1) is 9.76. The number of rotatable bonds is 4. The van der Waals surface area contributed by atoms with Crippen LogP contribution in [0.2, 0.25) is 0 Å². The average Bonchev–Trinajstić information content (AvgIpc) is 3.09. The SMILES string of the molecule is CCc1nsc(Sc2nnnn2-c2ccc(O)cc2)n1. The number of aromatic nitrogens is 6. The molecule has 0 aliphatic heterocycles. The van der Waals surface area contributed by atoms with E-state index >= 15 is 0 Å². The lowest BCUT2D eigenvalue weighted by Crippen LogP contribution is -1.98. The number of phenols is 1. The van der Waals surface area contributed by atoms with Crippen LogP contribution < -0.4 is 0 Å². The quantitative estimate of drug-likeness (QED) is 0.787. The van der Waals surface area contributed by atoms with Crippen molar-refractivity contribution in [3.63, 3.8) is 0 Å². The second-order valence-electron chi connectivity index (χ2n) is 3.82. The summed E-state index contributed by atoms with van der Waals surface area (Å²) in [6, 6.07) is 6.66. The van der Waals surface area contributed by atoms with Crippen molar-refractivity contribution in [1.29, 1.82) is 0 Å². The minimum Gasteiger partial charge on any atom is -0.508 e. The van der Waals surface area contributed by atoms with E-state index in [1.165, 1.54) is 23.3 Å². The van der Waals surface area contributed by atoms with Gasteiger partial charge in [-0.15, -0.1) is 5.10 Å². The van der Waals surface area contributed by atoms with E-state index in [1.54, 1.807) is 28.9 Å². The van der Waals surface area contributed by atoms with Gasteiger partial charge in [-0.05, 0) is 58.0 Å². The number of aromatic hydroxyl groups is 1. The summed E-state index contributed by atoms with van der Waals surface area (Å²) in [6.45, 7) is 2.01. The molecule has 0 saturated heterocycles. The average molecular weight is 306 g/mol. The lowest BCUT2D eigenvalue weighted by Gasteiger charge is -2.02. The number of hydrogen-bond donors (Lipinski definition) is 1. The Morgan fingerprint density at radius 2 is 2.10 bits per heavy atom. The van der Waals surface area contributed by atoms with Crippen molar-refractivity contribution in [1.82, 2.24) is 29.6 Å². The van der Waals surface area contributed by atoms with Gasteiger partial charge in [0.2, 0.25) is 5.16 Å². The van der Waals surface area contributed by atoms with Crippen molar-refractivity contribution in [3.8, 4) is 11.4 Å². The molecule has 0 atom stereocenters. The number of phenolic OH excluding ortho intramolecular Hbond substituents is 1. The zero-order valence-corrected chi connectivity index (χ0v) is 12.1. The maximum atomic E-state index is 9.31. The predicted molar refractivity (Wildman–Crippen MR) is 74.2 cm³/mol. The Labute approximate surface area is 122 Å². The van der Waals surface area contributed by atoms with E-state index in [9.17, 15) is 5.11 Å². The Morgan fingerprint density at radius 1 is 1.30 bits per heavy atom. The van der Waals surface area contributed by atoms with Gasteiger partial charge in [0.15, 0.2) is 4.34 Å². The van der Waals surface area contributed by atoms with E-state index in [0.717, 1.165) is 22.3 Å². The third-order valence-corrected chi connectivity index (χ3v) is 4.21. The van der Waals surface area contributed by atoms with Crippen LogP contribution in [0.15, 0.2) is 33.8 Å². The van der Waals surface area contributed by atoms with Crippen molar-refractivity contribution < 1.29 is 5.11 Å². The van der Waals surface area contributed by atoms with Crippen molar-refractivity contribution in [3.05, 3.63) is 30.1 Å². The van der Waals surface area contributed by atoms with Gasteiger partial charge in [-0.3, -0.25) is 0 Å². The van der Waals surface area contributed by atoms with Crippen molar-refractivity contribution in [2.45, 2.75) is 22.8 Å². The lowest BCUT2D eigenvalue weighted by molar-refractivity contribution is 0.475. The number of aryl methyl sites for hydroxylation is 1. The van der Waals surface area contributed by atoms with Crippen LogP contribution in [-0.4, -0.2) is 34.7 Å². The van der Waals surface area contributed by atoms with Crippen LogP contribution in [0.1, 0.15) is 12.7 Å². The summed E-state index contributed by atoms with van der Waals surface area (Å²) < 4.78 is 6.62. The molecule has 7 nitrogen and oxygen atoms in total. The molecule has 0 fully saturated rings. The highest BCUT2D eigenvalue weighted by Gasteiger charge is 2.13. The van der Waals surface area contributed by atoms with Crippen LogP contribution in [-0.2, 0) is 6.42 Å². The molecular weight excluding hydrogens is 296 g/mol. The molecule has 0 amide bonds. The standard InChI is InChI=1S/C11H10N6OS2/c1-2-9-12-11(20-14-9)19-10-13-15-16-17(10)7-3-5-8(18)6-4-7/h3-6,18H,2H2,1H3. The van der Waals surface area contributed by atoms with E-state index < -0.39 is 0 Å². The minimum absolute atomic E-state index is 0.202. The molecule has 0 unspecified atom stereocenters. The molecule has 1 N–H and O–H groups in total. The number of nitrogens with zero attached hydrogens (tertiary/aromatic N) is 6. The van der Waals surface area contributed by atoms with Crippen LogP contribution >= 0.6 is 23.3 Å². The molecule has 1 aromatic carbocycles. The Bertz CT molecular complexity index is 708. The highest BCUT2D eigenvalue weighted by Crippen LogP contribution is 2.28. The highest BCUT2D eigenvalue weighted by atomic mass is 32.2. The van der Waals surface area contributed by atoms with Gasteiger partial charge in [-0.1, -0.05) is 6.92 Å². The molecule has 0 aliphatic rings. The molecule has 0 radical (unpaired) electrons. The summed E-state index contributed by atoms with van der Waals surface area (Å²) >= 11 is 2.70. The van der Waals surface area contributed by atoms with Crippen molar-refractivity contribution >= 4 is 23.3 Å². The topological polar surface area (TPSA) is 89.6 Å². The zero-order chi connectivity index (χ0) is 13.9. The lowest BCUT2D eigenvalue weighted by atomic mass is 10.3. The van der Waals surface area contributed by atoms with Crippen molar-refractivity contribution in [2.75, 3.05) is 0 Å². The van der Waals surface area contributed by atoms with Gasteiger partial charge in [-0.2, -0.15) is 9.06 Å². The van der Waals surface area contributed by atoms with E-state index in [0.29, 0.717) is 5.16 Å². The first-order valence-corrected chi connectivity index (χ1v) is 7.43. The fraction of sp³-hybridized carbons (Fsp3) is 0.182. The summed E-state index contributed by atoms with van der Waals surface area (Å²) in [6.07, 6.45) is 0.806. The second kappa shape index (κ2) is 5.55. The summed E-state index contributed by atoms with van der Waals surface area (Å²) in [7, 11) is 0. The smallest absolute Gasteiger partial charge is 0.221 e. The zero-order valence-electron chi connectivity index (χ0n) is 10.5. The molecule has 102 valence electrons. The predicted octanol–water partition coefficient (Wildman–Crippen LogP) is 1.93. The van der Waals surface area contributed by atoms with E-state index in [1.807, 2.05) is 6.92 Å². The van der Waals surface area contributed by atoms with E-state index in [-0.39, 0.29) is 5.75 Å². The molecule has 2 aromatic heterocycles. The molecule has 0 saturated carbocycles. The third-order valence-electron chi connectivity index (χ3n) is 2.48. The first kappa shape index (κ1) is 13.0. The molecule has 0 aliphatic carbocycles. The van der Waals surface area contributed by atoms with Crippen molar-refractivity contribution in [2.24, 2.45) is 0 Å². The Kier molecular flexibility index (Phi) is 3.61. The van der Waals surface area contributed by atoms with Gasteiger partial charge in [-0.25, -0.2) is 4.98 Å². The van der Waals surface area contributed by atoms with Crippen LogP contribution in [0.4, 0.5) is 0 Å². The first-order valence-electron chi connectivity index (χ1n) is 5.84. The fourth-order valence-electron chi connectivity index (χ4n) is 1.50. The van der Waals surface area contributed by atoms with Gasteiger partial charge in [0.25, 0.3) is 0 Å². The number of benzene rings is 1. The van der Waals surface area contributed by atoms with Crippen LogP contribution in [0.3, 0.4) is 0 Å². The highest BCUT2D eigenvalue weighted by molar-refractivity contribution is 8.00. The van der Waals surface area contributed by atoms with Gasteiger partial charge in [0.05, 0.1) is 5.69 Å². The molecular formula is C11H10N6OS2. The maximum Gasteiger partial charge on any atom is 0.221 e. The monoisotopic (exact) mass is 306 g/mol. The maximum absolute atomic E-state index is 9.31. The van der Waals surface area contributed by atoms with Gasteiger partial charge < -0.3 is 5.11 Å². The molecule has 9 heteroatoms. The Balaban J connectivity index is 1.88. The molecule has 0 bridgehead atoms. The van der Waals surface area contributed by atoms with Crippen LogP contribution in [0, 0.1) is 0 Å². The van der Waals surface area contributed by atoms with Crippen LogP contribution in [0.25, 0.3) is 5.69 Å². The fourth-order valence-corrected chi connectivity index (χ4v) is 3.10. The molecule has 20 heavy (non-hydrogen) atoms. The van der Waals surface area contributed by atoms with Gasteiger partial charge in [0.1, 0.15) is 11.6 Å². The molecule has 3 rings (SSSR count). The third kappa shape index (κ3) is 2.63. The Morgan fingerprint density at radius 3 is 2.80 bits per heavy atom. The summed E-state index contributed by atoms with van der Waals surface area (Å²) in [5.74, 6) is 1.02. The molecule has 2 heterocycles. The largest absolute Gasteiger partial charge is 0.508 e. The Hall–Kier alpha value is -2.00. The van der Waals surface area contributed by atoms with E-state index in [2.05, 4.69) is 24.9 Å². The van der Waals surface area contributed by atoms with Crippen LogP contribution in [0.5, 0.6) is 5.75 Å². The second-order valence-corrected chi connectivity index (χ2v) is 5.79. The number of hydrogen-bond acceptors (Lipinski definition) is 8. The number of tetrazole rings is 1. The summed E-state index contributed by atoms with van der Waals surface area (Å²) in [5.41, 5.74) is 0.774. The summed E-state index contributed by atoms with van der Waals surface area (Å²) in [4.78, 5) is 4.37. The minimum atomic E-state index is 0.202.